The number of ether oxygens (including phenoxy) is 1. The molecule has 1 unspecified atom stereocenters. The van der Waals surface area contributed by atoms with E-state index in [0.717, 1.165) is 25.1 Å². The third kappa shape index (κ3) is 4.74. The summed E-state index contributed by atoms with van der Waals surface area (Å²) in [6.45, 7) is 3.40. The summed E-state index contributed by atoms with van der Waals surface area (Å²) in [5.74, 6) is 0.619. The first-order chi connectivity index (χ1) is 12.1. The van der Waals surface area contributed by atoms with E-state index in [0.29, 0.717) is 23.4 Å². The second kappa shape index (κ2) is 8.37. The number of halogens is 1. The fourth-order valence-electron chi connectivity index (χ4n) is 3.07. The smallest absolute Gasteiger partial charge is 0.267 e. The summed E-state index contributed by atoms with van der Waals surface area (Å²) in [6.07, 6.45) is 1.62. The van der Waals surface area contributed by atoms with Gasteiger partial charge in [-0.1, -0.05) is 35.9 Å². The lowest BCUT2D eigenvalue weighted by Gasteiger charge is -2.29. The van der Waals surface area contributed by atoms with Crippen LogP contribution >= 0.6 is 11.6 Å². The topological polar surface area (TPSA) is 41.6 Å². The molecule has 0 aliphatic carbocycles. The Kier molecular flexibility index (Phi) is 5.95. The van der Waals surface area contributed by atoms with Gasteiger partial charge in [0.2, 0.25) is 0 Å². The molecule has 2 atom stereocenters. The molecule has 1 heterocycles. The van der Waals surface area contributed by atoms with Crippen molar-refractivity contribution in [2.24, 2.45) is 0 Å². The average molecular weight is 359 g/mol. The number of benzene rings is 2. The Hall–Kier alpha value is -2.04. The molecule has 3 rings (SSSR count). The Bertz CT molecular complexity index is 702. The van der Waals surface area contributed by atoms with E-state index in [4.69, 9.17) is 16.3 Å². The lowest BCUT2D eigenvalue weighted by atomic mass is 10.1. The standard InChI is InChI=1S/C20H23ClN2O2/c1-15(25-19-10-3-2-4-11-19)20(24)23(14-17-8-6-12-22-17)18-9-5-7-16(21)13-18/h2-5,7,9-11,13,15,17,22H,6,8,12,14H2,1H3/t15?,17-/m1/s1. The molecule has 0 aromatic heterocycles. The van der Waals surface area contributed by atoms with Crippen LogP contribution in [0.25, 0.3) is 0 Å². The largest absolute Gasteiger partial charge is 0.481 e. The summed E-state index contributed by atoms with van der Waals surface area (Å²) < 4.78 is 5.83. The molecule has 1 fully saturated rings. The van der Waals surface area contributed by atoms with Gasteiger partial charge in [-0.2, -0.15) is 0 Å². The summed E-state index contributed by atoms with van der Waals surface area (Å²) in [7, 11) is 0. The SMILES string of the molecule is CC(Oc1ccccc1)C(=O)N(C[C@H]1CCCN1)c1cccc(Cl)c1. The first-order valence-corrected chi connectivity index (χ1v) is 9.03. The van der Waals surface area contributed by atoms with Gasteiger partial charge in [-0.15, -0.1) is 0 Å². The molecule has 25 heavy (non-hydrogen) atoms. The number of rotatable bonds is 6. The number of hydrogen-bond acceptors (Lipinski definition) is 3. The van der Waals surface area contributed by atoms with Crippen LogP contribution in [0.2, 0.25) is 5.02 Å². The fraction of sp³-hybridized carbons (Fsp3) is 0.350. The Morgan fingerprint density at radius 3 is 2.76 bits per heavy atom. The molecule has 0 radical (unpaired) electrons. The number of nitrogens with zero attached hydrogens (tertiary/aromatic N) is 1. The van der Waals surface area contributed by atoms with Crippen LogP contribution in [-0.4, -0.2) is 31.1 Å². The summed E-state index contributed by atoms with van der Waals surface area (Å²) in [6, 6.07) is 17.1. The third-order valence-electron chi connectivity index (χ3n) is 4.36. The van der Waals surface area contributed by atoms with E-state index in [1.54, 1.807) is 11.8 Å². The maximum Gasteiger partial charge on any atom is 0.267 e. The molecule has 4 nitrogen and oxygen atoms in total. The molecular weight excluding hydrogens is 336 g/mol. The minimum Gasteiger partial charge on any atom is -0.481 e. The molecule has 1 aliphatic rings. The van der Waals surface area contributed by atoms with Gasteiger partial charge in [0, 0.05) is 23.3 Å². The fourth-order valence-corrected chi connectivity index (χ4v) is 3.26. The van der Waals surface area contributed by atoms with Crippen molar-refractivity contribution in [2.45, 2.75) is 31.9 Å². The predicted octanol–water partition coefficient (Wildman–Crippen LogP) is 3.89. The third-order valence-corrected chi connectivity index (χ3v) is 4.59. The summed E-state index contributed by atoms with van der Waals surface area (Å²) in [4.78, 5) is 14.9. The van der Waals surface area contributed by atoms with Gasteiger partial charge >= 0.3 is 0 Å². The van der Waals surface area contributed by atoms with Crippen molar-refractivity contribution in [3.05, 3.63) is 59.6 Å². The molecule has 2 aromatic carbocycles. The van der Waals surface area contributed by atoms with Gasteiger partial charge in [-0.3, -0.25) is 4.79 Å². The van der Waals surface area contributed by atoms with Crippen LogP contribution in [0.4, 0.5) is 5.69 Å². The molecule has 1 amide bonds. The van der Waals surface area contributed by atoms with Crippen molar-refractivity contribution in [3.8, 4) is 5.75 Å². The lowest BCUT2D eigenvalue weighted by molar-refractivity contribution is -0.124. The highest BCUT2D eigenvalue weighted by molar-refractivity contribution is 6.30. The van der Waals surface area contributed by atoms with Crippen molar-refractivity contribution in [3.63, 3.8) is 0 Å². The number of nitrogens with one attached hydrogen (secondary N) is 1. The van der Waals surface area contributed by atoms with Gasteiger partial charge in [0.1, 0.15) is 5.75 Å². The van der Waals surface area contributed by atoms with Crippen molar-refractivity contribution < 1.29 is 9.53 Å². The van der Waals surface area contributed by atoms with Crippen molar-refractivity contribution >= 4 is 23.2 Å². The number of carbonyl (C=O) groups excluding carboxylic acids is 1. The van der Waals surface area contributed by atoms with Gasteiger partial charge in [0.15, 0.2) is 6.10 Å². The number of hydrogen-bond donors (Lipinski definition) is 1. The van der Waals surface area contributed by atoms with Crippen LogP contribution in [0.3, 0.4) is 0 Å². The summed E-state index contributed by atoms with van der Waals surface area (Å²) in [5, 5.41) is 4.06. The van der Waals surface area contributed by atoms with E-state index >= 15 is 0 Å². The first-order valence-electron chi connectivity index (χ1n) is 8.65. The molecule has 5 heteroatoms. The zero-order valence-corrected chi connectivity index (χ0v) is 15.1. The summed E-state index contributed by atoms with van der Waals surface area (Å²) in [5.41, 5.74) is 0.801. The van der Waals surface area contributed by atoms with E-state index in [1.165, 1.54) is 0 Å². The van der Waals surface area contributed by atoms with Gasteiger partial charge in [0.25, 0.3) is 5.91 Å². The van der Waals surface area contributed by atoms with Crippen LogP contribution in [0.5, 0.6) is 5.75 Å². The molecule has 1 aliphatic heterocycles. The average Bonchev–Trinajstić information content (AvgIpc) is 3.13. The van der Waals surface area contributed by atoms with Crippen LogP contribution < -0.4 is 15.0 Å². The minimum atomic E-state index is -0.581. The zero-order chi connectivity index (χ0) is 17.6. The Labute approximate surface area is 153 Å². The van der Waals surface area contributed by atoms with Crippen LogP contribution in [-0.2, 0) is 4.79 Å². The van der Waals surface area contributed by atoms with Crippen molar-refractivity contribution in [1.82, 2.24) is 5.32 Å². The van der Waals surface area contributed by atoms with Crippen LogP contribution in [0, 0.1) is 0 Å². The van der Waals surface area contributed by atoms with Gasteiger partial charge in [-0.05, 0) is 56.6 Å². The monoisotopic (exact) mass is 358 g/mol. The van der Waals surface area contributed by atoms with E-state index in [-0.39, 0.29) is 5.91 Å². The number of carbonyl (C=O) groups is 1. The Balaban J connectivity index is 1.78. The predicted molar refractivity (Wildman–Crippen MR) is 101 cm³/mol. The molecule has 0 bridgehead atoms. The number of anilines is 1. The Morgan fingerprint density at radius 1 is 1.28 bits per heavy atom. The molecular formula is C20H23ClN2O2. The molecule has 1 N–H and O–H groups in total. The first kappa shape index (κ1) is 17.8. The van der Waals surface area contributed by atoms with E-state index in [2.05, 4.69) is 5.32 Å². The zero-order valence-electron chi connectivity index (χ0n) is 14.3. The van der Waals surface area contributed by atoms with Gasteiger partial charge < -0.3 is 15.0 Å². The van der Waals surface area contributed by atoms with Crippen molar-refractivity contribution in [2.75, 3.05) is 18.0 Å². The maximum atomic E-state index is 13.1. The van der Waals surface area contributed by atoms with Gasteiger partial charge in [-0.25, -0.2) is 0 Å². The van der Waals surface area contributed by atoms with Gasteiger partial charge in [0.05, 0.1) is 0 Å². The quantitative estimate of drug-likeness (QED) is 0.851. The van der Waals surface area contributed by atoms with E-state index < -0.39 is 6.10 Å². The lowest BCUT2D eigenvalue weighted by Crippen LogP contribution is -2.46. The second-order valence-corrected chi connectivity index (χ2v) is 6.73. The van der Waals surface area contributed by atoms with E-state index in [1.807, 2.05) is 54.6 Å². The normalized spacial score (nSPS) is 17.9. The molecule has 0 spiro atoms. The summed E-state index contributed by atoms with van der Waals surface area (Å²) >= 11 is 6.13. The molecule has 2 aromatic rings. The number of amides is 1. The highest BCUT2D eigenvalue weighted by atomic mass is 35.5. The number of para-hydroxylation sites is 1. The minimum absolute atomic E-state index is 0.0696. The van der Waals surface area contributed by atoms with Crippen LogP contribution in [0.15, 0.2) is 54.6 Å². The second-order valence-electron chi connectivity index (χ2n) is 6.30. The van der Waals surface area contributed by atoms with E-state index in [9.17, 15) is 4.79 Å². The highest BCUT2D eigenvalue weighted by Gasteiger charge is 2.27. The molecule has 0 saturated carbocycles. The Morgan fingerprint density at radius 2 is 2.08 bits per heavy atom. The maximum absolute atomic E-state index is 13.1. The molecule has 1 saturated heterocycles. The van der Waals surface area contributed by atoms with Crippen LogP contribution in [0.1, 0.15) is 19.8 Å². The molecule has 132 valence electrons. The highest BCUT2D eigenvalue weighted by Crippen LogP contribution is 2.23. The van der Waals surface area contributed by atoms with Crippen molar-refractivity contribution in [1.29, 1.82) is 0 Å².